The predicted molar refractivity (Wildman–Crippen MR) is 69.9 cm³/mol. The number of aromatic nitrogens is 2. The van der Waals surface area contributed by atoms with Gasteiger partial charge in [-0.2, -0.15) is 11.8 Å². The topological polar surface area (TPSA) is 103 Å². The molecular weight excluding hydrogens is 282 g/mol. The van der Waals surface area contributed by atoms with Gasteiger partial charge in [0, 0.05) is 29.8 Å². The third-order valence-electron chi connectivity index (χ3n) is 3.75. The van der Waals surface area contributed by atoms with Crippen molar-refractivity contribution >= 4 is 29.5 Å². The number of hydrogen-bond acceptors (Lipinski definition) is 5. The lowest BCUT2D eigenvalue weighted by molar-refractivity contribution is -0.154. The second-order valence-electron chi connectivity index (χ2n) is 4.93. The molecule has 8 heteroatoms. The zero-order valence-corrected chi connectivity index (χ0v) is 11.3. The van der Waals surface area contributed by atoms with Crippen molar-refractivity contribution in [2.45, 2.75) is 12.5 Å². The molecule has 0 saturated carbocycles. The summed E-state index contributed by atoms with van der Waals surface area (Å²) >= 11 is 1.57. The zero-order valence-electron chi connectivity index (χ0n) is 10.5. The van der Waals surface area contributed by atoms with Crippen molar-refractivity contribution in [1.82, 2.24) is 14.9 Å². The lowest BCUT2D eigenvalue weighted by Gasteiger charge is -2.23. The summed E-state index contributed by atoms with van der Waals surface area (Å²) in [7, 11) is 0. The molecule has 0 spiro atoms. The van der Waals surface area contributed by atoms with Gasteiger partial charge in [0.2, 0.25) is 11.8 Å². The molecule has 106 valence electrons. The van der Waals surface area contributed by atoms with E-state index in [0.717, 1.165) is 4.90 Å². The number of carbonyl (C=O) groups is 3. The van der Waals surface area contributed by atoms with Gasteiger partial charge in [-0.25, -0.2) is 9.78 Å². The number of rotatable bonds is 4. The first-order valence-corrected chi connectivity index (χ1v) is 7.39. The van der Waals surface area contributed by atoms with Crippen LogP contribution >= 0.6 is 11.8 Å². The van der Waals surface area contributed by atoms with Gasteiger partial charge in [-0.1, -0.05) is 0 Å². The van der Waals surface area contributed by atoms with Gasteiger partial charge in [-0.3, -0.25) is 14.5 Å². The molecule has 0 aliphatic carbocycles. The van der Waals surface area contributed by atoms with Crippen molar-refractivity contribution < 1.29 is 19.5 Å². The summed E-state index contributed by atoms with van der Waals surface area (Å²) in [5, 5.41) is 9.35. The molecule has 0 unspecified atom stereocenters. The number of imide groups is 1. The smallest absolute Gasteiger partial charge is 0.327 e. The highest BCUT2D eigenvalue weighted by atomic mass is 32.2. The molecule has 2 N–H and O–H groups in total. The highest BCUT2D eigenvalue weighted by molar-refractivity contribution is 7.99. The third kappa shape index (κ3) is 2.00. The molecule has 3 heterocycles. The standard InChI is InChI=1S/C12H13N3O4S/c16-10-7-3-20-4-8(7)11(17)15(10)9(12(18)19)1-6-2-13-5-14-6/h2,5,7-9H,1,3-4H2,(H,13,14)(H,18,19)/t7-,8+,9-/m0/s1. The molecule has 0 bridgehead atoms. The van der Waals surface area contributed by atoms with E-state index < -0.39 is 12.0 Å². The number of nitrogens with one attached hydrogen (secondary N) is 1. The average Bonchev–Trinajstić information content (AvgIpc) is 3.10. The van der Waals surface area contributed by atoms with E-state index in [0.29, 0.717) is 17.2 Å². The lowest BCUT2D eigenvalue weighted by Crippen LogP contribution is -2.47. The Morgan fingerprint density at radius 1 is 1.45 bits per heavy atom. The number of aromatic amines is 1. The highest BCUT2D eigenvalue weighted by Gasteiger charge is 2.53. The number of thioether (sulfide) groups is 1. The van der Waals surface area contributed by atoms with Gasteiger partial charge in [-0.15, -0.1) is 0 Å². The number of carboxylic acids is 1. The van der Waals surface area contributed by atoms with Crippen molar-refractivity contribution in [3.05, 3.63) is 18.2 Å². The average molecular weight is 295 g/mol. The van der Waals surface area contributed by atoms with E-state index in [2.05, 4.69) is 9.97 Å². The SMILES string of the molecule is O=C(O)[C@H](Cc1cnc[nH]1)N1C(=O)[C@H]2CSC[C@H]2C1=O. The van der Waals surface area contributed by atoms with E-state index in [1.165, 1.54) is 12.5 Å². The number of imidazole rings is 1. The first-order valence-electron chi connectivity index (χ1n) is 6.24. The molecule has 2 saturated heterocycles. The molecule has 0 aromatic carbocycles. The molecule has 1 aromatic rings. The molecule has 2 aliphatic heterocycles. The number of carboxylic acid groups (broad SMARTS) is 1. The Kier molecular flexibility index (Phi) is 3.25. The van der Waals surface area contributed by atoms with Gasteiger partial charge in [0.25, 0.3) is 0 Å². The monoisotopic (exact) mass is 295 g/mol. The van der Waals surface area contributed by atoms with E-state index in [4.69, 9.17) is 0 Å². The molecular formula is C12H13N3O4S. The Morgan fingerprint density at radius 2 is 2.10 bits per heavy atom. The van der Waals surface area contributed by atoms with Crippen LogP contribution in [0.4, 0.5) is 0 Å². The molecule has 3 atom stereocenters. The molecule has 7 nitrogen and oxygen atoms in total. The van der Waals surface area contributed by atoms with E-state index in [9.17, 15) is 19.5 Å². The fourth-order valence-electron chi connectivity index (χ4n) is 2.71. The Labute approximate surface area is 118 Å². The maximum Gasteiger partial charge on any atom is 0.327 e. The van der Waals surface area contributed by atoms with Gasteiger partial charge in [0.15, 0.2) is 0 Å². The van der Waals surface area contributed by atoms with Crippen LogP contribution in [0.1, 0.15) is 5.69 Å². The summed E-state index contributed by atoms with van der Waals surface area (Å²) in [5.74, 6) is -1.38. The Balaban J connectivity index is 1.86. The maximum atomic E-state index is 12.3. The Morgan fingerprint density at radius 3 is 2.60 bits per heavy atom. The van der Waals surface area contributed by atoms with Crippen LogP contribution < -0.4 is 0 Å². The van der Waals surface area contributed by atoms with Crippen LogP contribution in [0.15, 0.2) is 12.5 Å². The number of nitrogens with zero attached hydrogens (tertiary/aromatic N) is 2. The van der Waals surface area contributed by atoms with Gasteiger partial charge in [-0.05, 0) is 0 Å². The van der Waals surface area contributed by atoms with Crippen LogP contribution in [0.2, 0.25) is 0 Å². The summed E-state index contributed by atoms with van der Waals surface area (Å²) in [6.07, 6.45) is 2.99. The number of amides is 2. The first kappa shape index (κ1) is 13.2. The van der Waals surface area contributed by atoms with Crippen LogP contribution in [0.5, 0.6) is 0 Å². The highest BCUT2D eigenvalue weighted by Crippen LogP contribution is 2.39. The van der Waals surface area contributed by atoms with Gasteiger partial charge in [0.1, 0.15) is 6.04 Å². The normalized spacial score (nSPS) is 26.9. The number of aliphatic carboxylic acids is 1. The third-order valence-corrected chi connectivity index (χ3v) is 4.94. The van der Waals surface area contributed by atoms with E-state index in [1.807, 2.05) is 0 Å². The van der Waals surface area contributed by atoms with Crippen molar-refractivity contribution in [2.24, 2.45) is 11.8 Å². The minimum Gasteiger partial charge on any atom is -0.480 e. The number of carbonyl (C=O) groups excluding carboxylic acids is 2. The van der Waals surface area contributed by atoms with Crippen molar-refractivity contribution in [1.29, 1.82) is 0 Å². The number of fused-ring (bicyclic) bond motifs is 1. The van der Waals surface area contributed by atoms with E-state index in [-0.39, 0.29) is 30.1 Å². The van der Waals surface area contributed by atoms with Crippen LogP contribution in [-0.4, -0.2) is 55.3 Å². The summed E-state index contributed by atoms with van der Waals surface area (Å²) in [6.45, 7) is 0. The minimum absolute atomic E-state index is 0.0550. The first-order chi connectivity index (χ1) is 9.59. The quantitative estimate of drug-likeness (QED) is 0.743. The van der Waals surface area contributed by atoms with Crippen LogP contribution in [-0.2, 0) is 20.8 Å². The van der Waals surface area contributed by atoms with Crippen molar-refractivity contribution in [3.8, 4) is 0 Å². The lowest BCUT2D eigenvalue weighted by atomic mass is 10.00. The fraction of sp³-hybridized carbons (Fsp3) is 0.500. The summed E-state index contributed by atoms with van der Waals surface area (Å²) in [6, 6.07) is -1.16. The number of H-pyrrole nitrogens is 1. The summed E-state index contributed by atoms with van der Waals surface area (Å²) in [4.78, 5) is 43.5. The molecule has 0 radical (unpaired) electrons. The molecule has 2 aliphatic rings. The van der Waals surface area contributed by atoms with Crippen LogP contribution in [0, 0.1) is 11.8 Å². The number of likely N-dealkylation sites (tertiary alicyclic amines) is 1. The number of hydrogen-bond donors (Lipinski definition) is 2. The van der Waals surface area contributed by atoms with E-state index >= 15 is 0 Å². The Hall–Kier alpha value is -1.83. The van der Waals surface area contributed by atoms with Gasteiger partial charge < -0.3 is 10.1 Å². The van der Waals surface area contributed by atoms with Gasteiger partial charge >= 0.3 is 5.97 Å². The Bertz CT molecular complexity index is 537. The largest absolute Gasteiger partial charge is 0.480 e. The van der Waals surface area contributed by atoms with Crippen LogP contribution in [0.3, 0.4) is 0 Å². The fourth-order valence-corrected chi connectivity index (χ4v) is 4.10. The minimum atomic E-state index is -1.17. The van der Waals surface area contributed by atoms with E-state index in [1.54, 1.807) is 11.8 Å². The second-order valence-corrected chi connectivity index (χ2v) is 6.01. The van der Waals surface area contributed by atoms with Crippen molar-refractivity contribution in [2.75, 3.05) is 11.5 Å². The second kappa shape index (κ2) is 4.93. The van der Waals surface area contributed by atoms with Crippen molar-refractivity contribution in [3.63, 3.8) is 0 Å². The summed E-state index contributed by atoms with van der Waals surface area (Å²) < 4.78 is 0. The van der Waals surface area contributed by atoms with Crippen LogP contribution in [0.25, 0.3) is 0 Å². The molecule has 3 rings (SSSR count). The molecule has 2 amide bonds. The maximum absolute atomic E-state index is 12.3. The molecule has 1 aromatic heterocycles. The molecule has 2 fully saturated rings. The predicted octanol–water partition coefficient (Wildman–Crippen LogP) is -0.247. The zero-order chi connectivity index (χ0) is 14.3. The van der Waals surface area contributed by atoms with Gasteiger partial charge in [0.05, 0.1) is 18.2 Å². The summed E-state index contributed by atoms with van der Waals surface area (Å²) in [5.41, 5.74) is 0.587. The molecule has 20 heavy (non-hydrogen) atoms.